The Morgan fingerprint density at radius 2 is 2.30 bits per heavy atom. The number of hydrogen-bond acceptors (Lipinski definition) is 6. The largest absolute Gasteiger partial charge is 0.483 e. The zero-order valence-electron chi connectivity index (χ0n) is 12.2. The molecule has 6 heteroatoms. The minimum atomic E-state index is -0.164. The van der Waals surface area contributed by atoms with Crippen molar-refractivity contribution in [3.8, 4) is 0 Å². The molecule has 1 aromatic heterocycles. The molecule has 0 unspecified atom stereocenters. The van der Waals surface area contributed by atoms with Crippen LogP contribution in [0.2, 0.25) is 0 Å². The highest BCUT2D eigenvalue weighted by molar-refractivity contribution is 5.91. The molecular weight excluding hydrogens is 258 g/mol. The van der Waals surface area contributed by atoms with Gasteiger partial charge in [0.25, 0.3) is 5.89 Å². The van der Waals surface area contributed by atoms with E-state index >= 15 is 0 Å². The standard InChI is InChI=1S/C14H23N3O3/c1-3-16-13(19-2)11(15)7-5-4-6-8-12(18)14-17-9-10-20-14/h9-11H,3-8,15H2,1-2H3/t11-/m0/s1. The van der Waals surface area contributed by atoms with Gasteiger partial charge in [0.1, 0.15) is 6.26 Å². The summed E-state index contributed by atoms with van der Waals surface area (Å²) >= 11 is 0. The summed E-state index contributed by atoms with van der Waals surface area (Å²) in [6.45, 7) is 2.61. The highest BCUT2D eigenvalue weighted by Crippen LogP contribution is 2.09. The molecule has 0 saturated heterocycles. The van der Waals surface area contributed by atoms with E-state index < -0.39 is 0 Å². The van der Waals surface area contributed by atoms with E-state index in [1.807, 2.05) is 6.92 Å². The van der Waals surface area contributed by atoms with Crippen LogP contribution in [0.3, 0.4) is 0 Å². The second-order valence-corrected chi connectivity index (χ2v) is 4.48. The van der Waals surface area contributed by atoms with E-state index in [1.54, 1.807) is 7.11 Å². The summed E-state index contributed by atoms with van der Waals surface area (Å²) in [6, 6.07) is -0.164. The van der Waals surface area contributed by atoms with E-state index in [9.17, 15) is 4.79 Å². The molecule has 0 bridgehead atoms. The number of Topliss-reactive ketones (excluding diaryl/α,β-unsaturated/α-hetero) is 1. The zero-order chi connectivity index (χ0) is 14.8. The first-order valence-corrected chi connectivity index (χ1v) is 6.95. The number of oxazole rings is 1. The van der Waals surface area contributed by atoms with Crippen LogP contribution < -0.4 is 5.73 Å². The van der Waals surface area contributed by atoms with Crippen molar-refractivity contribution in [3.05, 3.63) is 18.4 Å². The van der Waals surface area contributed by atoms with E-state index in [2.05, 4.69) is 9.98 Å². The number of methoxy groups -OCH3 is 1. The molecule has 6 nitrogen and oxygen atoms in total. The van der Waals surface area contributed by atoms with E-state index in [4.69, 9.17) is 14.9 Å². The molecule has 20 heavy (non-hydrogen) atoms. The fourth-order valence-electron chi connectivity index (χ4n) is 1.91. The maximum Gasteiger partial charge on any atom is 0.263 e. The van der Waals surface area contributed by atoms with Crippen LogP contribution in [0, 0.1) is 0 Å². The van der Waals surface area contributed by atoms with Crippen LogP contribution in [-0.4, -0.2) is 36.4 Å². The number of ether oxygens (including phenoxy) is 1. The third-order valence-electron chi connectivity index (χ3n) is 2.93. The van der Waals surface area contributed by atoms with Crippen molar-refractivity contribution in [2.24, 2.45) is 10.7 Å². The molecular formula is C14H23N3O3. The van der Waals surface area contributed by atoms with Gasteiger partial charge in [0.05, 0.1) is 19.3 Å². The molecule has 0 fully saturated rings. The average molecular weight is 281 g/mol. The van der Waals surface area contributed by atoms with Gasteiger partial charge < -0.3 is 14.9 Å². The Labute approximate surface area is 119 Å². The van der Waals surface area contributed by atoms with Crippen molar-refractivity contribution in [1.82, 2.24) is 4.98 Å². The molecule has 1 atom stereocenters. The first-order valence-electron chi connectivity index (χ1n) is 6.95. The number of carbonyl (C=O) groups excluding carboxylic acids is 1. The van der Waals surface area contributed by atoms with Gasteiger partial charge in [0.15, 0.2) is 5.90 Å². The van der Waals surface area contributed by atoms with Gasteiger partial charge in [0, 0.05) is 13.0 Å². The van der Waals surface area contributed by atoms with Crippen LogP contribution in [0.15, 0.2) is 21.9 Å². The van der Waals surface area contributed by atoms with Gasteiger partial charge in [-0.15, -0.1) is 0 Å². The maximum atomic E-state index is 11.6. The Kier molecular flexibility index (Phi) is 7.57. The lowest BCUT2D eigenvalue weighted by Gasteiger charge is -2.13. The molecule has 0 amide bonds. The minimum absolute atomic E-state index is 0.0515. The number of nitrogens with zero attached hydrogens (tertiary/aromatic N) is 2. The summed E-state index contributed by atoms with van der Waals surface area (Å²) in [7, 11) is 1.59. The normalized spacial score (nSPS) is 13.2. The van der Waals surface area contributed by atoms with E-state index in [-0.39, 0.29) is 17.7 Å². The molecule has 0 aliphatic carbocycles. The predicted molar refractivity (Wildman–Crippen MR) is 76.9 cm³/mol. The summed E-state index contributed by atoms with van der Waals surface area (Å²) in [6.07, 6.45) is 6.82. The molecule has 0 radical (unpaired) electrons. The number of hydrogen-bond donors (Lipinski definition) is 1. The summed E-state index contributed by atoms with van der Waals surface area (Å²) < 4.78 is 10.1. The van der Waals surface area contributed by atoms with Gasteiger partial charge in [-0.3, -0.25) is 9.79 Å². The molecule has 1 heterocycles. The Morgan fingerprint density at radius 3 is 2.90 bits per heavy atom. The summed E-state index contributed by atoms with van der Waals surface area (Å²) in [5.74, 6) is 0.742. The highest BCUT2D eigenvalue weighted by Gasteiger charge is 2.12. The Hall–Kier alpha value is -1.69. The van der Waals surface area contributed by atoms with Gasteiger partial charge in [0.2, 0.25) is 5.78 Å². The lowest BCUT2D eigenvalue weighted by molar-refractivity contribution is 0.0945. The second kappa shape index (κ2) is 9.25. The van der Waals surface area contributed by atoms with E-state index in [0.29, 0.717) is 18.9 Å². The number of carbonyl (C=O) groups is 1. The molecule has 0 aromatic carbocycles. The fourth-order valence-corrected chi connectivity index (χ4v) is 1.91. The predicted octanol–water partition coefficient (Wildman–Crippen LogP) is 2.20. The molecule has 1 rings (SSSR count). The molecule has 0 saturated carbocycles. The number of unbranched alkanes of at least 4 members (excludes halogenated alkanes) is 2. The number of aromatic nitrogens is 1. The van der Waals surface area contributed by atoms with Crippen molar-refractivity contribution in [2.75, 3.05) is 13.7 Å². The summed E-state index contributed by atoms with van der Waals surface area (Å²) in [4.78, 5) is 19.7. The maximum absolute atomic E-state index is 11.6. The average Bonchev–Trinajstić information content (AvgIpc) is 2.98. The Bertz CT molecular complexity index is 415. The minimum Gasteiger partial charge on any atom is -0.483 e. The molecule has 2 N–H and O–H groups in total. The van der Waals surface area contributed by atoms with Gasteiger partial charge in [-0.1, -0.05) is 12.8 Å². The Morgan fingerprint density at radius 1 is 1.50 bits per heavy atom. The van der Waals surface area contributed by atoms with E-state index in [1.165, 1.54) is 12.5 Å². The van der Waals surface area contributed by atoms with Gasteiger partial charge >= 0.3 is 0 Å². The van der Waals surface area contributed by atoms with Crippen LogP contribution in [0.5, 0.6) is 0 Å². The van der Waals surface area contributed by atoms with Crippen molar-refractivity contribution < 1.29 is 13.9 Å². The topological polar surface area (TPSA) is 90.7 Å². The van der Waals surface area contributed by atoms with Crippen molar-refractivity contribution in [2.45, 2.75) is 45.1 Å². The number of ketones is 1. The van der Waals surface area contributed by atoms with Gasteiger partial charge in [-0.05, 0) is 19.8 Å². The smallest absolute Gasteiger partial charge is 0.263 e. The molecule has 112 valence electrons. The Balaban J connectivity index is 2.16. The SMILES string of the molecule is CCN=C(OC)[C@@H](N)CCCCCC(=O)c1ncco1. The van der Waals surface area contributed by atoms with Crippen LogP contribution in [0.4, 0.5) is 0 Å². The van der Waals surface area contributed by atoms with Crippen LogP contribution in [0.1, 0.15) is 49.7 Å². The third-order valence-corrected chi connectivity index (χ3v) is 2.93. The van der Waals surface area contributed by atoms with E-state index in [0.717, 1.165) is 25.7 Å². The zero-order valence-corrected chi connectivity index (χ0v) is 12.2. The lowest BCUT2D eigenvalue weighted by atomic mass is 10.1. The number of aliphatic imine (C=N–C) groups is 1. The van der Waals surface area contributed by atoms with Crippen molar-refractivity contribution in [1.29, 1.82) is 0 Å². The number of nitrogens with two attached hydrogens (primary N) is 1. The monoisotopic (exact) mass is 281 g/mol. The third kappa shape index (κ3) is 5.52. The number of rotatable bonds is 9. The fraction of sp³-hybridized carbons (Fsp3) is 0.643. The molecule has 0 aliphatic rings. The van der Waals surface area contributed by atoms with Crippen LogP contribution in [-0.2, 0) is 4.74 Å². The van der Waals surface area contributed by atoms with Crippen molar-refractivity contribution in [3.63, 3.8) is 0 Å². The quantitative estimate of drug-likeness (QED) is 0.324. The second-order valence-electron chi connectivity index (χ2n) is 4.48. The molecule has 0 aliphatic heterocycles. The van der Waals surface area contributed by atoms with Crippen LogP contribution >= 0.6 is 0 Å². The van der Waals surface area contributed by atoms with Crippen molar-refractivity contribution >= 4 is 11.7 Å². The van der Waals surface area contributed by atoms with Crippen LogP contribution in [0.25, 0.3) is 0 Å². The first kappa shape index (κ1) is 16.4. The summed E-state index contributed by atoms with van der Waals surface area (Å²) in [5, 5.41) is 0. The van der Waals surface area contributed by atoms with Gasteiger partial charge in [-0.2, -0.15) is 0 Å². The molecule has 1 aromatic rings. The first-order chi connectivity index (χ1) is 9.69. The molecule has 0 spiro atoms. The highest BCUT2D eigenvalue weighted by atomic mass is 16.5. The van der Waals surface area contributed by atoms with Gasteiger partial charge in [-0.25, -0.2) is 4.98 Å². The lowest BCUT2D eigenvalue weighted by Crippen LogP contribution is -2.31. The summed E-state index contributed by atoms with van der Waals surface area (Å²) in [5.41, 5.74) is 5.99.